The van der Waals surface area contributed by atoms with Crippen molar-refractivity contribution in [2.24, 2.45) is 0 Å². The molecule has 0 aliphatic carbocycles. The molecule has 1 amide bonds. The van der Waals surface area contributed by atoms with Crippen molar-refractivity contribution in [1.29, 1.82) is 0 Å². The summed E-state index contributed by atoms with van der Waals surface area (Å²) in [5.74, 6) is -3.35. The fourth-order valence-electron chi connectivity index (χ4n) is 1.51. The molecule has 19 heavy (non-hydrogen) atoms. The fraction of sp³-hybridized carbons (Fsp3) is 0.0769. The second kappa shape index (κ2) is 5.32. The summed E-state index contributed by atoms with van der Waals surface area (Å²) in [4.78, 5) is 15.0. The third kappa shape index (κ3) is 2.88. The highest BCUT2D eigenvalue weighted by molar-refractivity contribution is 6.31. The summed E-state index contributed by atoms with van der Waals surface area (Å²) in [6.45, 7) is 1.76. The third-order valence-electron chi connectivity index (χ3n) is 2.54. The summed E-state index contributed by atoms with van der Waals surface area (Å²) < 4.78 is 26.3. The van der Waals surface area contributed by atoms with Crippen molar-refractivity contribution < 1.29 is 13.6 Å². The Kier molecular flexibility index (Phi) is 3.76. The molecule has 1 heterocycles. The number of hydrogen-bond acceptors (Lipinski definition) is 2. The number of rotatable bonds is 2. The molecule has 0 aliphatic rings. The molecule has 2 aromatic rings. The summed E-state index contributed by atoms with van der Waals surface area (Å²) in [5, 5.41) is 2.91. The van der Waals surface area contributed by atoms with Crippen LogP contribution in [0, 0.1) is 18.7 Å². The molecular weight excluding hydrogens is 274 g/mol. The number of carbonyl (C=O) groups excluding carboxylic acids is 1. The Labute approximate surface area is 113 Å². The quantitative estimate of drug-likeness (QED) is 0.856. The lowest BCUT2D eigenvalue weighted by Crippen LogP contribution is -2.15. The minimum absolute atomic E-state index is 0.410. The Balaban J connectivity index is 2.31. The van der Waals surface area contributed by atoms with Gasteiger partial charge in [-0.25, -0.2) is 9.37 Å². The van der Waals surface area contributed by atoms with Gasteiger partial charge in [-0.05, 0) is 30.7 Å². The first-order valence-electron chi connectivity index (χ1n) is 5.36. The van der Waals surface area contributed by atoms with Gasteiger partial charge in [0.1, 0.15) is 0 Å². The first-order valence-corrected chi connectivity index (χ1v) is 5.74. The van der Waals surface area contributed by atoms with Gasteiger partial charge in [0.25, 0.3) is 5.91 Å². The minimum atomic E-state index is -1.31. The smallest absolute Gasteiger partial charge is 0.258 e. The number of nitrogens with zero attached hydrogens (tertiary/aromatic N) is 1. The van der Waals surface area contributed by atoms with Gasteiger partial charge in [-0.15, -0.1) is 0 Å². The molecule has 98 valence electrons. The summed E-state index contributed by atoms with van der Waals surface area (Å²) in [7, 11) is 0. The van der Waals surface area contributed by atoms with Crippen LogP contribution in [-0.4, -0.2) is 10.9 Å². The molecule has 0 aliphatic heterocycles. The first-order chi connectivity index (χ1) is 8.99. The molecule has 0 saturated carbocycles. The number of nitrogens with one attached hydrogen (secondary N) is 1. The van der Waals surface area contributed by atoms with E-state index in [0.717, 1.165) is 17.8 Å². The Bertz CT molecular complexity index is 647. The van der Waals surface area contributed by atoms with Crippen LogP contribution in [-0.2, 0) is 0 Å². The predicted molar refractivity (Wildman–Crippen MR) is 68.3 cm³/mol. The third-order valence-corrected chi connectivity index (χ3v) is 2.77. The van der Waals surface area contributed by atoms with Crippen LogP contribution in [0.25, 0.3) is 0 Å². The van der Waals surface area contributed by atoms with Gasteiger partial charge in [0.05, 0.1) is 5.56 Å². The van der Waals surface area contributed by atoms with Crippen LogP contribution in [0.1, 0.15) is 15.9 Å². The molecule has 0 saturated heterocycles. The van der Waals surface area contributed by atoms with Crippen LogP contribution < -0.4 is 5.32 Å². The van der Waals surface area contributed by atoms with E-state index in [1.165, 1.54) is 6.07 Å². The van der Waals surface area contributed by atoms with E-state index in [1.807, 2.05) is 0 Å². The van der Waals surface area contributed by atoms with Crippen LogP contribution in [0.4, 0.5) is 14.5 Å². The maximum Gasteiger partial charge on any atom is 0.258 e. The Morgan fingerprint density at radius 1 is 1.32 bits per heavy atom. The second-order valence-corrected chi connectivity index (χ2v) is 4.31. The van der Waals surface area contributed by atoms with Crippen LogP contribution in [0.3, 0.4) is 0 Å². The molecule has 1 aromatic carbocycles. The number of anilines is 1. The molecular formula is C13H9ClF2N2O. The van der Waals surface area contributed by atoms with E-state index in [1.54, 1.807) is 19.1 Å². The number of hydrogen-bond donors (Lipinski definition) is 1. The van der Waals surface area contributed by atoms with E-state index in [0.29, 0.717) is 10.7 Å². The average Bonchev–Trinajstić information content (AvgIpc) is 2.37. The number of halogens is 3. The zero-order valence-corrected chi connectivity index (χ0v) is 10.6. The van der Waals surface area contributed by atoms with Crippen molar-refractivity contribution in [1.82, 2.24) is 4.98 Å². The van der Waals surface area contributed by atoms with Crippen molar-refractivity contribution in [2.75, 3.05) is 5.32 Å². The van der Waals surface area contributed by atoms with E-state index >= 15 is 0 Å². The molecule has 0 radical (unpaired) electrons. The largest absolute Gasteiger partial charge is 0.322 e. The maximum atomic E-state index is 13.4. The molecule has 0 fully saturated rings. The van der Waals surface area contributed by atoms with Crippen molar-refractivity contribution in [2.45, 2.75) is 6.92 Å². The van der Waals surface area contributed by atoms with Gasteiger partial charge in [-0.1, -0.05) is 17.7 Å². The van der Waals surface area contributed by atoms with Crippen molar-refractivity contribution in [3.63, 3.8) is 0 Å². The monoisotopic (exact) mass is 282 g/mol. The second-order valence-electron chi connectivity index (χ2n) is 3.88. The first kappa shape index (κ1) is 13.4. The summed E-state index contributed by atoms with van der Waals surface area (Å²) in [5.41, 5.74) is 0.786. The van der Waals surface area contributed by atoms with Gasteiger partial charge >= 0.3 is 0 Å². The highest BCUT2D eigenvalue weighted by Crippen LogP contribution is 2.21. The van der Waals surface area contributed by atoms with E-state index in [-0.39, 0.29) is 0 Å². The topological polar surface area (TPSA) is 42.0 Å². The summed E-state index contributed by atoms with van der Waals surface area (Å²) in [6, 6.07) is 6.01. The number of aryl methyl sites for hydroxylation is 1. The van der Waals surface area contributed by atoms with Gasteiger partial charge in [0, 0.05) is 16.9 Å². The molecule has 1 N–H and O–H groups in total. The standard InChI is InChI=1S/C13H9ClF2N2O/c1-7-2-3-8(14)6-10(7)18-13(19)9-4-5-17-12(16)11(9)15/h2-6H,1H3,(H,18,19). The SMILES string of the molecule is Cc1ccc(Cl)cc1NC(=O)c1ccnc(F)c1F. The molecule has 2 rings (SSSR count). The average molecular weight is 283 g/mol. The van der Waals surface area contributed by atoms with Gasteiger partial charge in [0.2, 0.25) is 5.95 Å². The van der Waals surface area contributed by atoms with Crippen LogP contribution in [0.2, 0.25) is 5.02 Å². The van der Waals surface area contributed by atoms with Crippen molar-refractivity contribution in [3.8, 4) is 0 Å². The predicted octanol–water partition coefficient (Wildman–Crippen LogP) is 3.57. The number of amides is 1. The molecule has 1 aromatic heterocycles. The summed E-state index contributed by atoms with van der Waals surface area (Å²) in [6.07, 6.45) is 1.03. The molecule has 0 atom stereocenters. The minimum Gasteiger partial charge on any atom is -0.322 e. The Hall–Kier alpha value is -2.01. The highest BCUT2D eigenvalue weighted by Gasteiger charge is 2.16. The molecule has 3 nitrogen and oxygen atoms in total. The zero-order chi connectivity index (χ0) is 14.0. The number of aromatic nitrogens is 1. The number of pyridine rings is 1. The number of carbonyl (C=O) groups is 1. The zero-order valence-electron chi connectivity index (χ0n) is 9.88. The lowest BCUT2D eigenvalue weighted by Gasteiger charge is -2.09. The van der Waals surface area contributed by atoms with Crippen LogP contribution in [0.5, 0.6) is 0 Å². The van der Waals surface area contributed by atoms with E-state index in [2.05, 4.69) is 10.3 Å². The van der Waals surface area contributed by atoms with Crippen molar-refractivity contribution >= 4 is 23.2 Å². The van der Waals surface area contributed by atoms with Gasteiger partial charge < -0.3 is 5.32 Å². The van der Waals surface area contributed by atoms with Gasteiger partial charge in [-0.2, -0.15) is 4.39 Å². The lowest BCUT2D eigenvalue weighted by atomic mass is 10.2. The van der Waals surface area contributed by atoms with Crippen molar-refractivity contribution in [3.05, 3.63) is 58.4 Å². The Morgan fingerprint density at radius 2 is 2.05 bits per heavy atom. The fourth-order valence-corrected chi connectivity index (χ4v) is 1.68. The van der Waals surface area contributed by atoms with E-state index < -0.39 is 23.2 Å². The summed E-state index contributed by atoms with van der Waals surface area (Å²) >= 11 is 5.81. The molecule has 0 spiro atoms. The lowest BCUT2D eigenvalue weighted by molar-refractivity contribution is 0.102. The normalized spacial score (nSPS) is 10.3. The van der Waals surface area contributed by atoms with Gasteiger partial charge in [-0.3, -0.25) is 4.79 Å². The maximum absolute atomic E-state index is 13.4. The highest BCUT2D eigenvalue weighted by atomic mass is 35.5. The molecule has 6 heteroatoms. The molecule has 0 bridgehead atoms. The van der Waals surface area contributed by atoms with Crippen LogP contribution >= 0.6 is 11.6 Å². The van der Waals surface area contributed by atoms with E-state index in [9.17, 15) is 13.6 Å². The van der Waals surface area contributed by atoms with Crippen LogP contribution in [0.15, 0.2) is 30.5 Å². The number of benzene rings is 1. The molecule has 0 unspecified atom stereocenters. The Morgan fingerprint density at radius 3 is 2.79 bits per heavy atom. The van der Waals surface area contributed by atoms with Gasteiger partial charge in [0.15, 0.2) is 5.82 Å². The van der Waals surface area contributed by atoms with E-state index in [4.69, 9.17) is 11.6 Å².